The molecule has 0 radical (unpaired) electrons. The van der Waals surface area contributed by atoms with Crippen molar-refractivity contribution < 1.29 is 4.79 Å². The smallest absolute Gasteiger partial charge is 0.164 e. The fraction of sp³-hybridized carbons (Fsp3) is 0.174. The van der Waals surface area contributed by atoms with Gasteiger partial charge < -0.3 is 5.32 Å². The molecule has 3 aromatic carbocycles. The normalized spacial score (nSPS) is 10.5. The fourth-order valence-corrected chi connectivity index (χ4v) is 2.80. The second-order valence-electron chi connectivity index (χ2n) is 6.34. The Balaban J connectivity index is 1.57. The van der Waals surface area contributed by atoms with Crippen LogP contribution in [0, 0.1) is 13.8 Å². The predicted octanol–water partition coefficient (Wildman–Crippen LogP) is 5.66. The second kappa shape index (κ2) is 7.80. The van der Waals surface area contributed by atoms with Gasteiger partial charge in [0.1, 0.15) is 0 Å². The van der Waals surface area contributed by atoms with Gasteiger partial charge in [0.05, 0.1) is 0 Å². The number of nitrogens with one attached hydrogen (secondary N) is 1. The van der Waals surface area contributed by atoms with Crippen molar-refractivity contribution >= 4 is 11.5 Å². The van der Waals surface area contributed by atoms with Gasteiger partial charge in [0.15, 0.2) is 5.78 Å². The molecule has 0 amide bonds. The Morgan fingerprint density at radius 1 is 0.800 bits per heavy atom. The predicted molar refractivity (Wildman–Crippen MR) is 105 cm³/mol. The average molecular weight is 329 g/mol. The van der Waals surface area contributed by atoms with Gasteiger partial charge in [-0.15, -0.1) is 0 Å². The third-order valence-electron chi connectivity index (χ3n) is 4.50. The summed E-state index contributed by atoms with van der Waals surface area (Å²) in [5, 5.41) is 3.33. The quantitative estimate of drug-likeness (QED) is 0.592. The minimum Gasteiger partial charge on any atom is -0.385 e. The third-order valence-corrected chi connectivity index (χ3v) is 4.50. The third kappa shape index (κ3) is 4.36. The average Bonchev–Trinajstić information content (AvgIpc) is 2.65. The standard InChI is InChI=1S/C23H23NO/c1-17-8-13-22(16-18(17)2)24-15-14-23(25)21-11-9-20(10-12-21)19-6-4-3-5-7-19/h3-13,16,24H,14-15H2,1-2H3. The SMILES string of the molecule is Cc1ccc(NCCC(=O)c2ccc(-c3ccccc3)cc2)cc1C. The van der Waals surface area contributed by atoms with E-state index >= 15 is 0 Å². The molecule has 0 bridgehead atoms. The van der Waals surface area contributed by atoms with E-state index in [4.69, 9.17) is 0 Å². The van der Waals surface area contributed by atoms with Gasteiger partial charge >= 0.3 is 0 Å². The molecule has 3 rings (SSSR count). The van der Waals surface area contributed by atoms with Crippen molar-refractivity contribution in [1.29, 1.82) is 0 Å². The summed E-state index contributed by atoms with van der Waals surface area (Å²) in [6.45, 7) is 4.84. The molecule has 0 spiro atoms. The maximum absolute atomic E-state index is 12.4. The maximum Gasteiger partial charge on any atom is 0.164 e. The highest BCUT2D eigenvalue weighted by Gasteiger charge is 2.06. The Labute approximate surface area is 149 Å². The van der Waals surface area contributed by atoms with E-state index in [1.807, 2.05) is 42.5 Å². The molecule has 3 aromatic rings. The van der Waals surface area contributed by atoms with Crippen LogP contribution in [-0.2, 0) is 0 Å². The minimum absolute atomic E-state index is 0.163. The van der Waals surface area contributed by atoms with Crippen LogP contribution >= 0.6 is 0 Å². The largest absolute Gasteiger partial charge is 0.385 e. The summed E-state index contributed by atoms with van der Waals surface area (Å²) >= 11 is 0. The molecule has 0 atom stereocenters. The van der Waals surface area contributed by atoms with Crippen LogP contribution < -0.4 is 5.32 Å². The molecule has 0 heterocycles. The fourth-order valence-electron chi connectivity index (χ4n) is 2.80. The lowest BCUT2D eigenvalue weighted by atomic mass is 10.0. The Kier molecular flexibility index (Phi) is 5.30. The molecular weight excluding hydrogens is 306 g/mol. The van der Waals surface area contributed by atoms with Crippen molar-refractivity contribution in [1.82, 2.24) is 0 Å². The molecule has 0 unspecified atom stereocenters. The number of ketones is 1. The summed E-state index contributed by atoms with van der Waals surface area (Å²) in [5.41, 5.74) is 6.66. The molecule has 0 fully saturated rings. The number of hydrogen-bond acceptors (Lipinski definition) is 2. The summed E-state index contributed by atoms with van der Waals surface area (Å²) in [6.07, 6.45) is 0.484. The zero-order valence-electron chi connectivity index (χ0n) is 14.8. The summed E-state index contributed by atoms with van der Waals surface area (Å²) in [5.74, 6) is 0.163. The molecule has 0 aliphatic carbocycles. The number of aryl methyl sites for hydroxylation is 2. The monoisotopic (exact) mass is 329 g/mol. The van der Waals surface area contributed by atoms with Gasteiger partial charge in [-0.25, -0.2) is 0 Å². The van der Waals surface area contributed by atoms with Gasteiger partial charge in [-0.2, -0.15) is 0 Å². The molecular formula is C23H23NO. The lowest BCUT2D eigenvalue weighted by Crippen LogP contribution is -2.09. The van der Waals surface area contributed by atoms with Crippen LogP contribution in [0.25, 0.3) is 11.1 Å². The molecule has 0 aliphatic heterocycles. The highest BCUT2D eigenvalue weighted by molar-refractivity contribution is 5.96. The number of anilines is 1. The highest BCUT2D eigenvalue weighted by atomic mass is 16.1. The number of Topliss-reactive ketones (excluding diaryl/α,β-unsaturated/α-hetero) is 1. The first kappa shape index (κ1) is 17.0. The van der Waals surface area contributed by atoms with Gasteiger partial charge in [0.25, 0.3) is 0 Å². The maximum atomic E-state index is 12.4. The topological polar surface area (TPSA) is 29.1 Å². The van der Waals surface area contributed by atoms with E-state index in [0.29, 0.717) is 13.0 Å². The first-order chi connectivity index (χ1) is 12.1. The molecule has 0 aromatic heterocycles. The van der Waals surface area contributed by atoms with Crippen molar-refractivity contribution in [2.24, 2.45) is 0 Å². The van der Waals surface area contributed by atoms with Gasteiger partial charge in [-0.1, -0.05) is 60.7 Å². The van der Waals surface area contributed by atoms with E-state index in [1.54, 1.807) is 0 Å². The van der Waals surface area contributed by atoms with Crippen molar-refractivity contribution in [3.63, 3.8) is 0 Å². The summed E-state index contributed by atoms with van der Waals surface area (Å²) in [6, 6.07) is 24.3. The van der Waals surface area contributed by atoms with Gasteiger partial charge in [-0.05, 0) is 48.2 Å². The van der Waals surface area contributed by atoms with E-state index in [9.17, 15) is 4.79 Å². The van der Waals surface area contributed by atoms with Gasteiger partial charge in [0.2, 0.25) is 0 Å². The van der Waals surface area contributed by atoms with E-state index < -0.39 is 0 Å². The molecule has 2 nitrogen and oxygen atoms in total. The van der Waals surface area contributed by atoms with E-state index in [2.05, 4.69) is 49.5 Å². The van der Waals surface area contributed by atoms with Gasteiger partial charge in [0, 0.05) is 24.2 Å². The number of hydrogen-bond donors (Lipinski definition) is 1. The van der Waals surface area contributed by atoms with Crippen LogP contribution in [-0.4, -0.2) is 12.3 Å². The number of rotatable bonds is 6. The summed E-state index contributed by atoms with van der Waals surface area (Å²) in [7, 11) is 0. The van der Waals surface area contributed by atoms with Crippen molar-refractivity contribution in [2.75, 3.05) is 11.9 Å². The highest BCUT2D eigenvalue weighted by Crippen LogP contribution is 2.20. The Hall–Kier alpha value is -2.87. The van der Waals surface area contributed by atoms with Crippen LogP contribution in [0.5, 0.6) is 0 Å². The van der Waals surface area contributed by atoms with Crippen LogP contribution in [0.2, 0.25) is 0 Å². The van der Waals surface area contributed by atoms with E-state index in [0.717, 1.165) is 22.4 Å². The number of benzene rings is 3. The van der Waals surface area contributed by atoms with Crippen molar-refractivity contribution in [3.05, 3.63) is 89.5 Å². The van der Waals surface area contributed by atoms with Crippen molar-refractivity contribution in [2.45, 2.75) is 20.3 Å². The molecule has 0 saturated heterocycles. The van der Waals surface area contributed by atoms with Crippen LogP contribution in [0.3, 0.4) is 0 Å². The van der Waals surface area contributed by atoms with E-state index in [-0.39, 0.29) is 5.78 Å². The minimum atomic E-state index is 0.163. The summed E-state index contributed by atoms with van der Waals surface area (Å²) in [4.78, 5) is 12.4. The second-order valence-corrected chi connectivity index (χ2v) is 6.34. The summed E-state index contributed by atoms with van der Waals surface area (Å²) < 4.78 is 0. The first-order valence-electron chi connectivity index (χ1n) is 8.63. The van der Waals surface area contributed by atoms with Crippen molar-refractivity contribution in [3.8, 4) is 11.1 Å². The van der Waals surface area contributed by atoms with E-state index in [1.165, 1.54) is 11.1 Å². The van der Waals surface area contributed by atoms with Crippen LogP contribution in [0.4, 0.5) is 5.69 Å². The molecule has 0 aliphatic rings. The molecule has 2 heteroatoms. The molecule has 25 heavy (non-hydrogen) atoms. The van der Waals surface area contributed by atoms with Crippen LogP contribution in [0.1, 0.15) is 27.9 Å². The zero-order chi connectivity index (χ0) is 17.6. The lowest BCUT2D eigenvalue weighted by Gasteiger charge is -2.09. The van der Waals surface area contributed by atoms with Gasteiger partial charge in [-0.3, -0.25) is 4.79 Å². The first-order valence-corrected chi connectivity index (χ1v) is 8.63. The van der Waals surface area contributed by atoms with Crippen LogP contribution in [0.15, 0.2) is 72.8 Å². The Bertz CT molecular complexity index is 851. The zero-order valence-corrected chi connectivity index (χ0v) is 14.8. The Morgan fingerprint density at radius 2 is 1.48 bits per heavy atom. The number of carbonyl (C=O) groups excluding carboxylic acids is 1. The lowest BCUT2D eigenvalue weighted by molar-refractivity contribution is 0.0986. The molecule has 0 saturated carbocycles. The molecule has 1 N–H and O–H groups in total. The Morgan fingerprint density at radius 3 is 2.16 bits per heavy atom. The number of carbonyl (C=O) groups is 1. The molecule has 126 valence electrons.